The van der Waals surface area contributed by atoms with Gasteiger partial charge in [0.1, 0.15) is 11.4 Å². The van der Waals surface area contributed by atoms with Crippen LogP contribution < -0.4 is 5.32 Å². The first kappa shape index (κ1) is 15.5. The molecule has 4 nitrogen and oxygen atoms in total. The van der Waals surface area contributed by atoms with Crippen LogP contribution in [0.2, 0.25) is 5.02 Å². The van der Waals surface area contributed by atoms with Crippen LogP contribution in [0.4, 0.5) is 10.1 Å². The molecule has 2 rings (SSSR count). The van der Waals surface area contributed by atoms with E-state index in [1.54, 1.807) is 0 Å². The molecule has 0 aliphatic rings. The molecule has 2 aromatic carbocycles. The third-order valence-electron chi connectivity index (χ3n) is 2.66. The number of carbonyl (C=O) groups is 2. The highest BCUT2D eigenvalue weighted by Gasteiger charge is 2.18. The molecule has 0 saturated heterocycles. The average molecular weight is 373 g/mol. The first-order valence-electron chi connectivity index (χ1n) is 5.68. The van der Waals surface area contributed by atoms with Gasteiger partial charge in [0.15, 0.2) is 0 Å². The fourth-order valence-corrected chi connectivity index (χ4v) is 2.17. The van der Waals surface area contributed by atoms with Gasteiger partial charge in [-0.05, 0) is 46.3 Å². The highest BCUT2D eigenvalue weighted by atomic mass is 79.9. The van der Waals surface area contributed by atoms with Crippen LogP contribution in [-0.2, 0) is 0 Å². The van der Waals surface area contributed by atoms with E-state index in [0.717, 1.165) is 6.07 Å². The Labute approximate surface area is 132 Å². The molecule has 108 valence electrons. The molecule has 21 heavy (non-hydrogen) atoms. The van der Waals surface area contributed by atoms with E-state index in [0.29, 0.717) is 9.50 Å². The quantitative estimate of drug-likeness (QED) is 0.849. The third kappa shape index (κ3) is 3.40. The maximum absolute atomic E-state index is 13.5. The Kier molecular flexibility index (Phi) is 4.59. The van der Waals surface area contributed by atoms with Crippen molar-refractivity contribution in [1.82, 2.24) is 0 Å². The van der Waals surface area contributed by atoms with Gasteiger partial charge in [0.05, 0.1) is 10.7 Å². The monoisotopic (exact) mass is 371 g/mol. The van der Waals surface area contributed by atoms with Gasteiger partial charge in [-0.1, -0.05) is 17.7 Å². The van der Waals surface area contributed by atoms with Crippen molar-refractivity contribution < 1.29 is 19.1 Å². The number of carboxylic acid groups (broad SMARTS) is 1. The van der Waals surface area contributed by atoms with E-state index >= 15 is 0 Å². The molecule has 2 N–H and O–H groups in total. The number of halogens is 3. The minimum atomic E-state index is -1.46. The molecular weight excluding hydrogens is 365 g/mol. The van der Waals surface area contributed by atoms with E-state index < -0.39 is 23.3 Å². The Bertz CT molecular complexity index is 736. The lowest BCUT2D eigenvalue weighted by Crippen LogP contribution is -2.15. The van der Waals surface area contributed by atoms with Crippen molar-refractivity contribution in [3.8, 4) is 0 Å². The van der Waals surface area contributed by atoms with E-state index in [2.05, 4.69) is 21.2 Å². The zero-order chi connectivity index (χ0) is 15.6. The van der Waals surface area contributed by atoms with Gasteiger partial charge in [0.2, 0.25) is 0 Å². The standard InChI is InChI=1S/C14H8BrClFNO3/c15-8-6-7(4-5-9(8)16)13(19)18-11-3-1-2-10(17)12(11)14(20)21/h1-6H,(H,18,19)(H,20,21). The Balaban J connectivity index is 2.34. The van der Waals surface area contributed by atoms with Gasteiger partial charge in [0, 0.05) is 10.0 Å². The van der Waals surface area contributed by atoms with Crippen molar-refractivity contribution in [2.75, 3.05) is 5.32 Å². The Morgan fingerprint density at radius 3 is 2.57 bits per heavy atom. The predicted octanol–water partition coefficient (Wildman–Crippen LogP) is 4.19. The summed E-state index contributed by atoms with van der Waals surface area (Å²) in [7, 11) is 0. The fourth-order valence-electron chi connectivity index (χ4n) is 1.68. The number of hydrogen-bond acceptors (Lipinski definition) is 2. The highest BCUT2D eigenvalue weighted by Crippen LogP contribution is 2.24. The number of anilines is 1. The Hall–Kier alpha value is -1.92. The van der Waals surface area contributed by atoms with Crippen LogP contribution in [0.3, 0.4) is 0 Å². The number of nitrogens with one attached hydrogen (secondary N) is 1. The van der Waals surface area contributed by atoms with Gasteiger partial charge in [-0.25, -0.2) is 9.18 Å². The largest absolute Gasteiger partial charge is 0.478 e. The molecule has 0 spiro atoms. The molecule has 0 aliphatic heterocycles. The van der Waals surface area contributed by atoms with Crippen LogP contribution in [0.15, 0.2) is 40.9 Å². The normalized spacial score (nSPS) is 10.2. The second kappa shape index (κ2) is 6.24. The van der Waals surface area contributed by atoms with Crippen molar-refractivity contribution in [3.63, 3.8) is 0 Å². The second-order valence-electron chi connectivity index (χ2n) is 4.05. The van der Waals surface area contributed by atoms with Gasteiger partial charge >= 0.3 is 5.97 Å². The van der Waals surface area contributed by atoms with Crippen LogP contribution >= 0.6 is 27.5 Å². The van der Waals surface area contributed by atoms with Crippen LogP contribution in [-0.4, -0.2) is 17.0 Å². The smallest absolute Gasteiger partial charge is 0.340 e. The van der Waals surface area contributed by atoms with E-state index in [-0.39, 0.29) is 11.3 Å². The predicted molar refractivity (Wildman–Crippen MR) is 80.5 cm³/mol. The maximum atomic E-state index is 13.5. The summed E-state index contributed by atoms with van der Waals surface area (Å²) in [5, 5.41) is 11.8. The molecular formula is C14H8BrClFNO3. The first-order valence-corrected chi connectivity index (χ1v) is 6.85. The van der Waals surface area contributed by atoms with Gasteiger partial charge < -0.3 is 10.4 Å². The fraction of sp³-hybridized carbons (Fsp3) is 0. The molecule has 0 unspecified atom stereocenters. The van der Waals surface area contributed by atoms with E-state index in [9.17, 15) is 14.0 Å². The summed E-state index contributed by atoms with van der Waals surface area (Å²) in [5.74, 6) is -2.95. The summed E-state index contributed by atoms with van der Waals surface area (Å²) in [4.78, 5) is 23.1. The van der Waals surface area contributed by atoms with Crippen molar-refractivity contribution in [1.29, 1.82) is 0 Å². The Morgan fingerprint density at radius 2 is 1.95 bits per heavy atom. The van der Waals surface area contributed by atoms with Crippen molar-refractivity contribution >= 4 is 45.1 Å². The first-order chi connectivity index (χ1) is 9.90. The molecule has 0 bridgehead atoms. The molecule has 0 aromatic heterocycles. The zero-order valence-corrected chi connectivity index (χ0v) is 12.7. The zero-order valence-electron chi connectivity index (χ0n) is 10.4. The lowest BCUT2D eigenvalue weighted by Gasteiger charge is -2.09. The molecule has 7 heteroatoms. The van der Waals surface area contributed by atoms with E-state index in [1.807, 2.05) is 0 Å². The topological polar surface area (TPSA) is 66.4 Å². The van der Waals surface area contributed by atoms with Crippen LogP contribution in [0.25, 0.3) is 0 Å². The van der Waals surface area contributed by atoms with Gasteiger partial charge in [-0.3, -0.25) is 4.79 Å². The summed E-state index contributed by atoms with van der Waals surface area (Å²) in [6.45, 7) is 0. The number of carbonyl (C=O) groups excluding carboxylic acids is 1. The summed E-state index contributed by atoms with van der Waals surface area (Å²) < 4.78 is 14.0. The minimum absolute atomic E-state index is 0.112. The lowest BCUT2D eigenvalue weighted by molar-refractivity contribution is 0.0693. The maximum Gasteiger partial charge on any atom is 0.340 e. The summed E-state index contributed by atoms with van der Waals surface area (Å²) >= 11 is 9.01. The SMILES string of the molecule is O=C(Nc1cccc(F)c1C(=O)O)c1ccc(Cl)c(Br)c1. The number of hydrogen-bond donors (Lipinski definition) is 2. The number of rotatable bonds is 3. The van der Waals surface area contributed by atoms with E-state index in [4.69, 9.17) is 16.7 Å². The highest BCUT2D eigenvalue weighted by molar-refractivity contribution is 9.10. The summed E-state index contributed by atoms with van der Waals surface area (Å²) in [6.07, 6.45) is 0. The molecule has 1 amide bonds. The summed E-state index contributed by atoms with van der Waals surface area (Å²) in [6, 6.07) is 8.12. The molecule has 2 aromatic rings. The Morgan fingerprint density at radius 1 is 1.24 bits per heavy atom. The second-order valence-corrected chi connectivity index (χ2v) is 5.31. The number of amides is 1. The molecule has 0 saturated carbocycles. The van der Waals surface area contributed by atoms with Crippen molar-refractivity contribution in [2.45, 2.75) is 0 Å². The van der Waals surface area contributed by atoms with E-state index in [1.165, 1.54) is 30.3 Å². The van der Waals surface area contributed by atoms with Crippen molar-refractivity contribution in [2.24, 2.45) is 0 Å². The molecule has 0 heterocycles. The number of aromatic carboxylic acids is 1. The molecule has 0 aliphatic carbocycles. The minimum Gasteiger partial charge on any atom is -0.478 e. The third-order valence-corrected chi connectivity index (χ3v) is 3.87. The lowest BCUT2D eigenvalue weighted by atomic mass is 10.1. The average Bonchev–Trinajstić information content (AvgIpc) is 2.41. The van der Waals surface area contributed by atoms with Gasteiger partial charge in [-0.15, -0.1) is 0 Å². The van der Waals surface area contributed by atoms with Gasteiger partial charge in [0.25, 0.3) is 5.91 Å². The van der Waals surface area contributed by atoms with Gasteiger partial charge in [-0.2, -0.15) is 0 Å². The summed E-state index contributed by atoms with van der Waals surface area (Å²) in [5.41, 5.74) is -0.440. The molecule has 0 atom stereocenters. The van der Waals surface area contributed by atoms with Crippen molar-refractivity contribution in [3.05, 3.63) is 62.8 Å². The van der Waals surface area contributed by atoms with Crippen LogP contribution in [0, 0.1) is 5.82 Å². The van der Waals surface area contributed by atoms with Crippen LogP contribution in [0.5, 0.6) is 0 Å². The number of carboxylic acids is 1. The molecule has 0 fully saturated rings. The number of benzene rings is 2. The molecule has 0 radical (unpaired) electrons. The van der Waals surface area contributed by atoms with Crippen LogP contribution in [0.1, 0.15) is 20.7 Å².